The van der Waals surface area contributed by atoms with Crippen molar-refractivity contribution in [1.29, 1.82) is 0 Å². The molecule has 5 rings (SSSR count). The third-order valence-electron chi connectivity index (χ3n) is 6.34. The lowest BCUT2D eigenvalue weighted by atomic mass is 10.1. The SMILES string of the molecule is COc1cc(C(F)(F)F)nn1-c1ccc(CN2C(=O)CCn3nc(-c4c(C)cnn4C(C)C)cc32)cc1F. The summed E-state index contributed by atoms with van der Waals surface area (Å²) in [6, 6.07) is 6.64. The number of aryl methyl sites for hydroxylation is 2. The molecule has 0 fully saturated rings. The first kappa shape index (κ1) is 25.5. The first-order valence-corrected chi connectivity index (χ1v) is 11.9. The average molecular weight is 532 g/mol. The molecule has 0 unspecified atom stereocenters. The van der Waals surface area contributed by atoms with Crippen LogP contribution in [-0.2, 0) is 24.1 Å². The Kier molecular flexibility index (Phi) is 6.24. The van der Waals surface area contributed by atoms with Gasteiger partial charge in [0.1, 0.15) is 23.0 Å². The monoisotopic (exact) mass is 531 g/mol. The lowest BCUT2D eigenvalue weighted by Gasteiger charge is -2.27. The van der Waals surface area contributed by atoms with Crippen LogP contribution in [0.1, 0.15) is 43.1 Å². The Morgan fingerprint density at radius 2 is 1.89 bits per heavy atom. The maximum atomic E-state index is 15.1. The number of alkyl halides is 3. The van der Waals surface area contributed by atoms with Crippen LogP contribution in [-0.4, -0.2) is 42.4 Å². The van der Waals surface area contributed by atoms with Gasteiger partial charge in [0.05, 0.1) is 32.1 Å². The van der Waals surface area contributed by atoms with Crippen LogP contribution < -0.4 is 9.64 Å². The summed E-state index contributed by atoms with van der Waals surface area (Å²) in [6.45, 7) is 6.44. The van der Waals surface area contributed by atoms with Gasteiger partial charge in [-0.15, -0.1) is 0 Å². The maximum absolute atomic E-state index is 15.1. The molecule has 0 spiro atoms. The topological polar surface area (TPSA) is 83.0 Å². The Hall–Kier alpha value is -4.16. The first-order valence-electron chi connectivity index (χ1n) is 11.9. The van der Waals surface area contributed by atoms with Gasteiger partial charge >= 0.3 is 6.18 Å². The van der Waals surface area contributed by atoms with E-state index >= 15 is 4.39 Å². The molecule has 1 aliphatic heterocycles. The number of methoxy groups -OCH3 is 1. The van der Waals surface area contributed by atoms with E-state index in [-0.39, 0.29) is 36.5 Å². The summed E-state index contributed by atoms with van der Waals surface area (Å²) in [5, 5.41) is 12.6. The highest BCUT2D eigenvalue weighted by atomic mass is 19.4. The van der Waals surface area contributed by atoms with Gasteiger partial charge < -0.3 is 4.74 Å². The van der Waals surface area contributed by atoms with E-state index in [4.69, 9.17) is 9.84 Å². The number of hydrogen-bond acceptors (Lipinski definition) is 5. The Balaban J connectivity index is 1.46. The van der Waals surface area contributed by atoms with E-state index in [2.05, 4.69) is 10.2 Å². The molecule has 38 heavy (non-hydrogen) atoms. The van der Waals surface area contributed by atoms with Gasteiger partial charge in [-0.2, -0.15) is 33.1 Å². The molecular formula is C25H25F4N7O2. The molecule has 200 valence electrons. The van der Waals surface area contributed by atoms with Crippen LogP contribution >= 0.6 is 0 Å². The number of ether oxygens (including phenoxy) is 1. The third kappa shape index (κ3) is 4.41. The molecule has 13 heteroatoms. The number of benzene rings is 1. The lowest BCUT2D eigenvalue weighted by molar-refractivity contribution is -0.141. The lowest BCUT2D eigenvalue weighted by Crippen LogP contribution is -2.36. The molecule has 0 bridgehead atoms. The molecule has 4 aromatic rings. The molecular weight excluding hydrogens is 506 g/mol. The summed E-state index contributed by atoms with van der Waals surface area (Å²) >= 11 is 0. The fourth-order valence-electron chi connectivity index (χ4n) is 4.52. The summed E-state index contributed by atoms with van der Waals surface area (Å²) < 4.78 is 63.8. The van der Waals surface area contributed by atoms with Gasteiger partial charge in [0.15, 0.2) is 5.69 Å². The number of halogens is 4. The van der Waals surface area contributed by atoms with Crippen LogP contribution in [0.4, 0.5) is 23.4 Å². The van der Waals surface area contributed by atoms with Crippen molar-refractivity contribution >= 4 is 11.7 Å². The molecule has 0 aliphatic carbocycles. The third-order valence-corrected chi connectivity index (χ3v) is 6.34. The number of carbonyl (C=O) groups excluding carboxylic acids is 1. The van der Waals surface area contributed by atoms with E-state index in [0.717, 1.165) is 15.9 Å². The molecule has 1 aromatic carbocycles. The van der Waals surface area contributed by atoms with E-state index in [1.165, 1.54) is 30.2 Å². The highest BCUT2D eigenvalue weighted by Gasteiger charge is 2.36. The number of hydrogen-bond donors (Lipinski definition) is 0. The quantitative estimate of drug-likeness (QED) is 0.330. The second-order valence-electron chi connectivity index (χ2n) is 9.32. The second kappa shape index (κ2) is 9.30. The zero-order valence-electron chi connectivity index (χ0n) is 21.1. The molecule has 4 heterocycles. The van der Waals surface area contributed by atoms with Gasteiger partial charge in [0, 0.05) is 24.6 Å². The molecule has 0 atom stereocenters. The summed E-state index contributed by atoms with van der Waals surface area (Å²) in [5.41, 5.74) is 1.52. The van der Waals surface area contributed by atoms with Crippen LogP contribution in [0, 0.1) is 12.7 Å². The zero-order valence-corrected chi connectivity index (χ0v) is 21.1. The zero-order chi connectivity index (χ0) is 27.4. The molecule has 3 aromatic heterocycles. The number of nitrogens with zero attached hydrogens (tertiary/aromatic N) is 7. The predicted molar refractivity (Wildman–Crippen MR) is 129 cm³/mol. The Morgan fingerprint density at radius 1 is 1.13 bits per heavy atom. The normalized spacial score (nSPS) is 13.9. The molecule has 0 N–H and O–H groups in total. The highest BCUT2D eigenvalue weighted by Crippen LogP contribution is 2.34. The summed E-state index contributed by atoms with van der Waals surface area (Å²) in [5.74, 6) is -0.651. The molecule has 1 aliphatic rings. The van der Waals surface area contributed by atoms with E-state index in [1.54, 1.807) is 10.9 Å². The minimum Gasteiger partial charge on any atom is -0.481 e. The Bertz CT molecular complexity index is 1520. The van der Waals surface area contributed by atoms with Crippen molar-refractivity contribution in [3.63, 3.8) is 0 Å². The van der Waals surface area contributed by atoms with Gasteiger partial charge in [-0.1, -0.05) is 6.07 Å². The van der Waals surface area contributed by atoms with Crippen molar-refractivity contribution in [2.24, 2.45) is 0 Å². The number of aromatic nitrogens is 6. The summed E-state index contributed by atoms with van der Waals surface area (Å²) in [4.78, 5) is 14.4. The number of fused-ring (bicyclic) bond motifs is 1. The average Bonchev–Trinajstić information content (AvgIpc) is 3.57. The predicted octanol–water partition coefficient (Wildman–Crippen LogP) is 4.93. The van der Waals surface area contributed by atoms with Crippen molar-refractivity contribution in [3.05, 3.63) is 59.2 Å². The standard InChI is InChI=1S/C25H25F4N7O2/c1-14(2)35-24(15(3)12-30-35)18-10-21-33(22(37)7-8-34(21)31-18)13-16-5-6-19(17(26)9-16)36-23(38-4)11-20(32-36)25(27,28)29/h5-6,9-12,14H,7-8,13H2,1-4H3. The number of carbonyl (C=O) groups is 1. The fraction of sp³-hybridized carbons (Fsp3) is 0.360. The van der Waals surface area contributed by atoms with Crippen LogP contribution in [0.15, 0.2) is 36.5 Å². The van der Waals surface area contributed by atoms with E-state index in [9.17, 15) is 18.0 Å². The van der Waals surface area contributed by atoms with Gasteiger partial charge in [0.25, 0.3) is 0 Å². The minimum atomic E-state index is -4.71. The van der Waals surface area contributed by atoms with Crippen molar-refractivity contribution in [1.82, 2.24) is 29.3 Å². The Labute approximate surface area is 215 Å². The van der Waals surface area contributed by atoms with Crippen LogP contribution in [0.2, 0.25) is 0 Å². The molecule has 1 amide bonds. The maximum Gasteiger partial charge on any atom is 0.435 e. The number of anilines is 1. The van der Waals surface area contributed by atoms with E-state index in [1.807, 2.05) is 31.5 Å². The van der Waals surface area contributed by atoms with E-state index < -0.39 is 17.7 Å². The molecule has 0 saturated carbocycles. The van der Waals surface area contributed by atoms with Crippen molar-refractivity contribution in [2.45, 2.75) is 52.5 Å². The molecule has 0 saturated heterocycles. The highest BCUT2D eigenvalue weighted by molar-refractivity contribution is 5.94. The van der Waals surface area contributed by atoms with Crippen LogP contribution in [0.5, 0.6) is 5.88 Å². The summed E-state index contributed by atoms with van der Waals surface area (Å²) in [6.07, 6.45) is -2.72. The van der Waals surface area contributed by atoms with Crippen molar-refractivity contribution in [2.75, 3.05) is 12.0 Å². The number of rotatable bonds is 6. The number of amides is 1. The smallest absolute Gasteiger partial charge is 0.435 e. The van der Waals surface area contributed by atoms with Gasteiger partial charge in [-0.05, 0) is 44.0 Å². The van der Waals surface area contributed by atoms with Gasteiger partial charge in [0.2, 0.25) is 11.8 Å². The fourth-order valence-corrected chi connectivity index (χ4v) is 4.52. The van der Waals surface area contributed by atoms with Gasteiger partial charge in [-0.25, -0.2) is 9.07 Å². The van der Waals surface area contributed by atoms with Crippen molar-refractivity contribution in [3.8, 4) is 23.0 Å². The summed E-state index contributed by atoms with van der Waals surface area (Å²) in [7, 11) is 1.18. The van der Waals surface area contributed by atoms with Crippen LogP contribution in [0.3, 0.4) is 0 Å². The minimum absolute atomic E-state index is 0.0492. The van der Waals surface area contributed by atoms with E-state index in [0.29, 0.717) is 29.7 Å². The van der Waals surface area contributed by atoms with Crippen LogP contribution in [0.25, 0.3) is 17.1 Å². The van der Waals surface area contributed by atoms with Gasteiger partial charge in [-0.3, -0.25) is 14.4 Å². The second-order valence-corrected chi connectivity index (χ2v) is 9.32. The molecule has 0 radical (unpaired) electrons. The largest absolute Gasteiger partial charge is 0.481 e. The molecule has 9 nitrogen and oxygen atoms in total. The first-order chi connectivity index (χ1) is 18.0. The van der Waals surface area contributed by atoms with Crippen molar-refractivity contribution < 1.29 is 27.1 Å². The Morgan fingerprint density at radius 3 is 2.55 bits per heavy atom.